The minimum absolute atomic E-state index is 0.384. The first kappa shape index (κ1) is 31.4. The van der Waals surface area contributed by atoms with Gasteiger partial charge in [0.25, 0.3) is 0 Å². The van der Waals surface area contributed by atoms with Crippen LogP contribution in [0.25, 0.3) is 33.3 Å². The van der Waals surface area contributed by atoms with Crippen molar-refractivity contribution in [3.05, 3.63) is 120 Å². The molecule has 47 heavy (non-hydrogen) atoms. The maximum Gasteiger partial charge on any atom is 0.242 e. The van der Waals surface area contributed by atoms with E-state index in [1.807, 2.05) is 108 Å². The van der Waals surface area contributed by atoms with Crippen molar-refractivity contribution >= 4 is 33.7 Å². The number of imidazole rings is 2. The number of fused-ring (bicyclic) bond motifs is 2. The number of aromatic nitrogens is 6. The van der Waals surface area contributed by atoms with Crippen molar-refractivity contribution in [1.82, 2.24) is 29.1 Å². The first-order valence-electron chi connectivity index (χ1n) is 14.8. The van der Waals surface area contributed by atoms with Crippen LogP contribution in [0.1, 0.15) is 11.1 Å². The maximum atomic E-state index is 6.08. The van der Waals surface area contributed by atoms with Gasteiger partial charge in [0.05, 0.1) is 43.6 Å². The zero-order valence-corrected chi connectivity index (χ0v) is 27.2. The lowest BCUT2D eigenvalue weighted by molar-refractivity contribution is 0.297. The van der Waals surface area contributed by atoms with Crippen molar-refractivity contribution in [3.8, 4) is 34.5 Å². The highest BCUT2D eigenvalue weighted by atomic mass is 35.5. The number of nitrogens with zero attached hydrogens (tertiary/aromatic N) is 6. The number of hydrogen-bond acceptors (Lipinski definition) is 8. The Kier molecular flexibility index (Phi) is 9.49. The van der Waals surface area contributed by atoms with E-state index in [-0.39, 0.29) is 0 Å². The lowest BCUT2D eigenvalue weighted by atomic mass is 10.1. The smallest absolute Gasteiger partial charge is 0.242 e. The molecule has 7 rings (SSSR count). The van der Waals surface area contributed by atoms with Gasteiger partial charge in [-0.2, -0.15) is 4.98 Å². The lowest BCUT2D eigenvalue weighted by Gasteiger charge is -2.12. The molecular formula is C36H33ClN6O4. The van der Waals surface area contributed by atoms with E-state index in [1.165, 1.54) is 0 Å². The topological polar surface area (TPSA) is 98.3 Å². The van der Waals surface area contributed by atoms with Gasteiger partial charge < -0.3 is 28.1 Å². The van der Waals surface area contributed by atoms with Crippen molar-refractivity contribution in [3.63, 3.8) is 0 Å². The van der Waals surface area contributed by atoms with Crippen molar-refractivity contribution in [2.75, 3.05) is 14.2 Å². The maximum absolute atomic E-state index is 6.08. The minimum Gasteiger partial charge on any atom is -0.493 e. The predicted molar refractivity (Wildman–Crippen MR) is 182 cm³/mol. The van der Waals surface area contributed by atoms with E-state index >= 15 is 0 Å². The fourth-order valence-corrected chi connectivity index (χ4v) is 5.22. The summed E-state index contributed by atoms with van der Waals surface area (Å²) in [5, 5.41) is 0.384. The Labute approximate surface area is 277 Å². The van der Waals surface area contributed by atoms with Crippen LogP contribution >= 0.6 is 11.6 Å². The average Bonchev–Trinajstić information content (AvgIpc) is 3.68. The van der Waals surface area contributed by atoms with Crippen molar-refractivity contribution in [2.24, 2.45) is 14.1 Å². The number of aryl methyl sites for hydroxylation is 2. The summed E-state index contributed by atoms with van der Waals surface area (Å²) in [6.07, 6.45) is 3.48. The predicted octanol–water partition coefficient (Wildman–Crippen LogP) is 7.43. The molecule has 238 valence electrons. The highest BCUT2D eigenvalue weighted by molar-refractivity contribution is 6.30. The molecule has 3 aromatic carbocycles. The van der Waals surface area contributed by atoms with Gasteiger partial charge in [-0.1, -0.05) is 72.3 Å². The second-order valence-corrected chi connectivity index (χ2v) is 11.0. The highest BCUT2D eigenvalue weighted by Gasteiger charge is 2.15. The molecule has 0 amide bonds. The third-order valence-corrected chi connectivity index (χ3v) is 7.61. The molecule has 0 radical (unpaired) electrons. The second kappa shape index (κ2) is 14.2. The zero-order chi connectivity index (χ0) is 32.8. The van der Waals surface area contributed by atoms with Crippen molar-refractivity contribution in [1.29, 1.82) is 0 Å². The van der Waals surface area contributed by atoms with Crippen LogP contribution in [-0.4, -0.2) is 43.3 Å². The standard InChI is InChI=1S/C22H21N3O3.C14H12ClN3O/c1-25-14-23-18-12-17(16-9-10-19(26-2)20(11-16)27-3)24-22(21(18)25)28-13-15-7-5-4-6-8-15;1-18-9-16-11-7-12(15)17-14(13(11)18)19-8-10-5-3-2-4-6-10/h4-12,14H,13H2,1-3H3;2-7,9H,8H2,1H3. The van der Waals surface area contributed by atoms with E-state index in [0.29, 0.717) is 41.6 Å². The van der Waals surface area contributed by atoms with Crippen LogP contribution in [0.4, 0.5) is 0 Å². The van der Waals surface area contributed by atoms with Gasteiger partial charge in [0, 0.05) is 25.7 Å². The van der Waals surface area contributed by atoms with E-state index in [9.17, 15) is 0 Å². The Morgan fingerprint density at radius 2 is 1.15 bits per heavy atom. The van der Waals surface area contributed by atoms with E-state index in [2.05, 4.69) is 15.0 Å². The molecule has 0 aliphatic heterocycles. The zero-order valence-electron chi connectivity index (χ0n) is 26.4. The van der Waals surface area contributed by atoms with Crippen LogP contribution in [-0.2, 0) is 27.3 Å². The average molecular weight is 649 g/mol. The molecule has 0 aliphatic carbocycles. The summed E-state index contributed by atoms with van der Waals surface area (Å²) >= 11 is 5.97. The lowest BCUT2D eigenvalue weighted by Crippen LogP contribution is -2.01. The molecule has 0 saturated heterocycles. The number of methoxy groups -OCH3 is 2. The summed E-state index contributed by atoms with van der Waals surface area (Å²) in [5.41, 5.74) is 7.14. The molecule has 11 heteroatoms. The third-order valence-electron chi connectivity index (χ3n) is 7.41. The van der Waals surface area contributed by atoms with Crippen LogP contribution < -0.4 is 18.9 Å². The van der Waals surface area contributed by atoms with Gasteiger partial charge in [-0.15, -0.1) is 0 Å². The molecule has 0 fully saturated rings. The van der Waals surface area contributed by atoms with E-state index in [4.69, 9.17) is 35.5 Å². The van der Waals surface area contributed by atoms with E-state index in [0.717, 1.165) is 44.5 Å². The van der Waals surface area contributed by atoms with Crippen LogP contribution in [0.3, 0.4) is 0 Å². The van der Waals surface area contributed by atoms with Crippen molar-refractivity contribution < 1.29 is 18.9 Å². The van der Waals surface area contributed by atoms with E-state index < -0.39 is 0 Å². The molecule has 0 saturated carbocycles. The van der Waals surface area contributed by atoms with Crippen LogP contribution in [0.2, 0.25) is 5.15 Å². The normalized spacial score (nSPS) is 10.8. The number of pyridine rings is 2. The molecule has 7 aromatic rings. The largest absolute Gasteiger partial charge is 0.493 e. The summed E-state index contributed by atoms with van der Waals surface area (Å²) in [5.74, 6) is 2.37. The molecule has 0 spiro atoms. The molecule has 4 aromatic heterocycles. The SMILES string of the molecule is COc1ccc(-c2cc3ncn(C)c3c(OCc3ccccc3)n2)cc1OC.Cn1cnc2cc(Cl)nc(OCc3ccccc3)c21. The first-order valence-corrected chi connectivity index (χ1v) is 15.2. The minimum atomic E-state index is 0.384. The van der Waals surface area contributed by atoms with Gasteiger partial charge >= 0.3 is 0 Å². The van der Waals surface area contributed by atoms with Gasteiger partial charge in [0.15, 0.2) is 11.5 Å². The van der Waals surface area contributed by atoms with Crippen molar-refractivity contribution in [2.45, 2.75) is 13.2 Å². The summed E-state index contributed by atoms with van der Waals surface area (Å²) in [7, 11) is 7.07. The van der Waals surface area contributed by atoms with Gasteiger partial charge in [0.1, 0.15) is 29.4 Å². The quantitative estimate of drug-likeness (QED) is 0.149. The molecule has 0 atom stereocenters. The summed E-state index contributed by atoms with van der Waals surface area (Å²) in [4.78, 5) is 17.7. The Morgan fingerprint density at radius 3 is 1.70 bits per heavy atom. The molecule has 0 unspecified atom stereocenters. The number of benzene rings is 3. The van der Waals surface area contributed by atoms with Gasteiger partial charge in [-0.3, -0.25) is 0 Å². The van der Waals surface area contributed by atoms with E-state index in [1.54, 1.807) is 32.9 Å². The Morgan fingerprint density at radius 1 is 0.617 bits per heavy atom. The second-order valence-electron chi connectivity index (χ2n) is 10.6. The fraction of sp³-hybridized carbons (Fsp3) is 0.167. The van der Waals surface area contributed by atoms with Crippen LogP contribution in [0.5, 0.6) is 23.3 Å². The van der Waals surface area contributed by atoms with Gasteiger partial charge in [-0.05, 0) is 35.4 Å². The van der Waals surface area contributed by atoms with Crippen LogP contribution in [0.15, 0.2) is 104 Å². The molecule has 4 heterocycles. The molecule has 0 N–H and O–H groups in total. The number of halogens is 1. The third kappa shape index (κ3) is 7.13. The monoisotopic (exact) mass is 648 g/mol. The van der Waals surface area contributed by atoms with Gasteiger partial charge in [0.2, 0.25) is 11.8 Å². The molecule has 0 aliphatic rings. The fourth-order valence-electron chi connectivity index (χ4n) is 5.04. The number of ether oxygens (including phenoxy) is 4. The first-order chi connectivity index (χ1) is 22.9. The molecular weight excluding hydrogens is 616 g/mol. The molecule has 0 bridgehead atoms. The molecule has 10 nitrogen and oxygen atoms in total. The summed E-state index contributed by atoms with van der Waals surface area (Å²) in [6, 6.07) is 29.3. The Balaban J connectivity index is 0.000000177. The highest BCUT2D eigenvalue weighted by Crippen LogP contribution is 2.34. The van der Waals surface area contributed by atoms with Crippen LogP contribution in [0, 0.1) is 0 Å². The summed E-state index contributed by atoms with van der Waals surface area (Å²) in [6.45, 7) is 0.887. The Bertz CT molecular complexity index is 2120. The number of hydrogen-bond donors (Lipinski definition) is 0. The number of rotatable bonds is 9. The van der Waals surface area contributed by atoms with Gasteiger partial charge in [-0.25, -0.2) is 15.0 Å². The summed E-state index contributed by atoms with van der Waals surface area (Å²) < 4.78 is 26.4. The Hall–Kier alpha value is -5.61.